The first-order valence-electron chi connectivity index (χ1n) is 10.2. The van der Waals surface area contributed by atoms with Crippen LogP contribution in [0.15, 0.2) is 24.3 Å². The van der Waals surface area contributed by atoms with E-state index in [9.17, 15) is 19.2 Å². The molecule has 0 aliphatic heterocycles. The lowest BCUT2D eigenvalue weighted by Gasteiger charge is -2.31. The van der Waals surface area contributed by atoms with Gasteiger partial charge in [-0.25, -0.2) is 19.2 Å². The van der Waals surface area contributed by atoms with Gasteiger partial charge in [-0.3, -0.25) is 0 Å². The number of carbonyl (C=O) groups is 4. The van der Waals surface area contributed by atoms with Crippen molar-refractivity contribution in [3.8, 4) is 0 Å². The second-order valence-corrected chi connectivity index (χ2v) is 8.48. The van der Waals surface area contributed by atoms with Crippen LogP contribution in [0.5, 0.6) is 0 Å². The topological polar surface area (TPSA) is 129 Å². The van der Waals surface area contributed by atoms with Crippen molar-refractivity contribution in [1.82, 2.24) is 10.6 Å². The van der Waals surface area contributed by atoms with Crippen LogP contribution < -0.4 is 10.6 Å². The van der Waals surface area contributed by atoms with Crippen LogP contribution in [0, 0.1) is 0 Å². The van der Waals surface area contributed by atoms with Gasteiger partial charge in [-0.1, -0.05) is 13.2 Å². The Balaban J connectivity index is 4.25. The Morgan fingerprint density at radius 1 is 0.688 bits per heavy atom. The molecule has 0 rings (SSSR count). The van der Waals surface area contributed by atoms with Crippen LogP contribution in [-0.2, 0) is 28.5 Å². The first kappa shape index (κ1) is 29.0. The van der Waals surface area contributed by atoms with E-state index in [0.717, 1.165) is 0 Å². The molecule has 182 valence electrons. The van der Waals surface area contributed by atoms with Crippen LogP contribution in [-0.4, -0.2) is 61.6 Å². The maximum Gasteiger partial charge on any atom is 0.407 e. The molecule has 10 nitrogen and oxygen atoms in total. The molecular formula is C22H36N2O8. The summed E-state index contributed by atoms with van der Waals surface area (Å²) in [5.74, 6) is -1.06. The average Bonchev–Trinajstić information content (AvgIpc) is 2.66. The summed E-state index contributed by atoms with van der Waals surface area (Å²) >= 11 is 0. The van der Waals surface area contributed by atoms with E-state index in [1.807, 2.05) is 0 Å². The number of hydrogen-bond acceptors (Lipinski definition) is 8. The minimum absolute atomic E-state index is 0.00357. The number of hydrogen-bond donors (Lipinski definition) is 2. The zero-order valence-corrected chi connectivity index (χ0v) is 19.9. The van der Waals surface area contributed by atoms with Crippen molar-refractivity contribution in [3.05, 3.63) is 24.3 Å². The highest BCUT2D eigenvalue weighted by molar-refractivity contribution is 5.87. The van der Waals surface area contributed by atoms with Gasteiger partial charge >= 0.3 is 24.1 Å². The second-order valence-electron chi connectivity index (χ2n) is 8.48. The predicted octanol–water partition coefficient (Wildman–Crippen LogP) is 3.01. The lowest BCUT2D eigenvalue weighted by molar-refractivity contribution is -0.139. The molecule has 0 bridgehead atoms. The smallest absolute Gasteiger partial charge is 0.407 e. The Bertz CT molecular complexity index is 653. The predicted molar refractivity (Wildman–Crippen MR) is 118 cm³/mol. The van der Waals surface area contributed by atoms with Gasteiger partial charge in [0.2, 0.25) is 0 Å². The number of amides is 2. The molecule has 0 aromatic carbocycles. The van der Waals surface area contributed by atoms with Gasteiger partial charge in [-0.05, 0) is 54.4 Å². The van der Waals surface area contributed by atoms with Crippen molar-refractivity contribution in [2.45, 2.75) is 65.6 Å². The number of carbonyl (C=O) groups excluding carboxylic acids is 4. The molecule has 0 heterocycles. The van der Waals surface area contributed by atoms with Gasteiger partial charge in [0.25, 0.3) is 0 Å². The van der Waals surface area contributed by atoms with E-state index in [1.54, 1.807) is 27.7 Å². The molecule has 0 saturated heterocycles. The molecule has 0 aromatic heterocycles. The third-order valence-corrected chi connectivity index (χ3v) is 3.97. The van der Waals surface area contributed by atoms with Gasteiger partial charge in [0.15, 0.2) is 0 Å². The molecular weight excluding hydrogens is 420 g/mol. The lowest BCUT2D eigenvalue weighted by atomic mass is 9.94. The quantitative estimate of drug-likeness (QED) is 0.187. The highest BCUT2D eigenvalue weighted by atomic mass is 16.6. The van der Waals surface area contributed by atoms with Gasteiger partial charge in [-0.15, -0.1) is 0 Å². The van der Waals surface area contributed by atoms with Crippen LogP contribution >= 0.6 is 0 Å². The third-order valence-electron chi connectivity index (χ3n) is 3.97. The zero-order valence-electron chi connectivity index (χ0n) is 19.9. The second kappa shape index (κ2) is 13.4. The molecule has 0 radical (unpaired) electrons. The molecule has 2 amide bonds. The molecule has 0 fully saturated rings. The molecule has 0 aliphatic carbocycles. The first-order chi connectivity index (χ1) is 14.6. The van der Waals surface area contributed by atoms with Crippen LogP contribution in [0.2, 0.25) is 0 Å². The maximum atomic E-state index is 11.9. The van der Waals surface area contributed by atoms with Crippen LogP contribution in [0.1, 0.15) is 54.4 Å². The summed E-state index contributed by atoms with van der Waals surface area (Å²) < 4.78 is 20.5. The minimum Gasteiger partial charge on any atom is -0.460 e. The van der Waals surface area contributed by atoms with Crippen molar-refractivity contribution >= 4 is 24.1 Å². The zero-order chi connectivity index (χ0) is 24.9. The summed E-state index contributed by atoms with van der Waals surface area (Å²) in [5.41, 5.74) is -1.10. The van der Waals surface area contributed by atoms with E-state index < -0.39 is 35.3 Å². The molecule has 0 spiro atoms. The average molecular weight is 457 g/mol. The molecule has 0 saturated carbocycles. The van der Waals surface area contributed by atoms with E-state index in [2.05, 4.69) is 23.8 Å². The van der Waals surface area contributed by atoms with Gasteiger partial charge in [0.05, 0.1) is 13.1 Å². The summed E-state index contributed by atoms with van der Waals surface area (Å²) in [7, 11) is 0. The van der Waals surface area contributed by atoms with E-state index in [4.69, 9.17) is 18.9 Å². The third kappa shape index (κ3) is 14.1. The molecule has 2 N–H and O–H groups in total. The Morgan fingerprint density at radius 3 is 1.28 bits per heavy atom. The maximum absolute atomic E-state index is 11.9. The monoisotopic (exact) mass is 456 g/mol. The Kier molecular flexibility index (Phi) is 12.1. The molecule has 32 heavy (non-hydrogen) atoms. The van der Waals surface area contributed by atoms with Crippen LogP contribution in [0.4, 0.5) is 9.59 Å². The van der Waals surface area contributed by atoms with Gasteiger partial charge in [0, 0.05) is 11.1 Å². The normalized spacial score (nSPS) is 11.1. The highest BCUT2D eigenvalue weighted by Crippen LogP contribution is 2.25. The summed E-state index contributed by atoms with van der Waals surface area (Å²) in [4.78, 5) is 46.4. The molecule has 0 aromatic rings. The van der Waals surface area contributed by atoms with E-state index in [-0.39, 0.29) is 37.4 Å². The highest BCUT2D eigenvalue weighted by Gasteiger charge is 2.30. The molecule has 0 unspecified atom stereocenters. The Labute approximate surface area is 189 Å². The number of ether oxygens (including phenoxy) is 4. The van der Waals surface area contributed by atoms with Gasteiger partial charge in [-0.2, -0.15) is 0 Å². The van der Waals surface area contributed by atoms with Crippen molar-refractivity contribution < 1.29 is 38.1 Å². The molecule has 0 aliphatic rings. The van der Waals surface area contributed by atoms with E-state index >= 15 is 0 Å². The van der Waals surface area contributed by atoms with Crippen LogP contribution in [0.3, 0.4) is 0 Å². The fourth-order valence-electron chi connectivity index (χ4n) is 2.12. The SMILES string of the molecule is C=C(C)C(=O)OCCNC(=O)OC(C)(C)CCC(C)(C)OC(=O)NCCOC(=O)C(=C)C. The standard InChI is InChI=1S/C22H36N2O8/c1-15(2)17(25)29-13-11-23-19(27)31-21(5,6)9-10-22(7,8)32-20(28)24-12-14-30-18(26)16(3)4/h1,3,9-14H2,2,4-8H3,(H,23,27)(H,24,28). The number of nitrogens with one attached hydrogen (secondary N) is 2. The van der Waals surface area contributed by atoms with Crippen molar-refractivity contribution in [1.29, 1.82) is 0 Å². The van der Waals surface area contributed by atoms with Crippen molar-refractivity contribution in [3.63, 3.8) is 0 Å². The van der Waals surface area contributed by atoms with Crippen molar-refractivity contribution in [2.75, 3.05) is 26.3 Å². The van der Waals surface area contributed by atoms with Gasteiger partial charge in [0.1, 0.15) is 24.4 Å². The summed E-state index contributed by atoms with van der Waals surface area (Å²) in [6, 6.07) is 0. The largest absolute Gasteiger partial charge is 0.460 e. The lowest BCUT2D eigenvalue weighted by Crippen LogP contribution is -2.40. The Hall–Kier alpha value is -3.04. The van der Waals surface area contributed by atoms with Gasteiger partial charge < -0.3 is 29.6 Å². The minimum atomic E-state index is -0.827. The van der Waals surface area contributed by atoms with E-state index in [0.29, 0.717) is 12.8 Å². The molecule has 10 heteroatoms. The van der Waals surface area contributed by atoms with E-state index in [1.165, 1.54) is 13.8 Å². The molecule has 0 atom stereocenters. The summed E-state index contributed by atoms with van der Waals surface area (Å²) in [5, 5.41) is 5.00. The summed E-state index contributed by atoms with van der Waals surface area (Å²) in [6.45, 7) is 17.1. The fraction of sp³-hybridized carbons (Fsp3) is 0.636. The fourth-order valence-corrected chi connectivity index (χ4v) is 2.12. The van der Waals surface area contributed by atoms with Crippen LogP contribution in [0.25, 0.3) is 0 Å². The number of alkyl carbamates (subject to hydrolysis) is 2. The first-order valence-corrected chi connectivity index (χ1v) is 10.2. The Morgan fingerprint density at radius 2 is 1.00 bits per heavy atom. The number of esters is 2. The summed E-state index contributed by atoms with van der Waals surface area (Å²) in [6.07, 6.45) is -0.465. The van der Waals surface area contributed by atoms with Crippen molar-refractivity contribution in [2.24, 2.45) is 0 Å². The number of rotatable bonds is 13.